The quantitative estimate of drug-likeness (QED) is 0.665. The second-order valence-corrected chi connectivity index (χ2v) is 7.73. The lowest BCUT2D eigenvalue weighted by Crippen LogP contribution is -2.38. The normalized spacial score (nSPS) is 13.5. The van der Waals surface area contributed by atoms with Gasteiger partial charge in [-0.1, -0.05) is 37.3 Å². The van der Waals surface area contributed by atoms with E-state index in [1.165, 1.54) is 4.90 Å². The molecule has 2 aromatic carbocycles. The zero-order valence-electron chi connectivity index (χ0n) is 16.1. The van der Waals surface area contributed by atoms with Crippen LogP contribution in [-0.4, -0.2) is 24.1 Å². The summed E-state index contributed by atoms with van der Waals surface area (Å²) in [6, 6.07) is 19.1. The molecule has 5 nitrogen and oxygen atoms in total. The summed E-state index contributed by atoms with van der Waals surface area (Å²) in [6.07, 6.45) is 1.05. The van der Waals surface area contributed by atoms with Crippen LogP contribution in [0.4, 0.5) is 17.1 Å². The maximum absolute atomic E-state index is 13.0. The summed E-state index contributed by atoms with van der Waals surface area (Å²) in [4.78, 5) is 33.0. The first-order valence-corrected chi connectivity index (χ1v) is 10.4. The van der Waals surface area contributed by atoms with Gasteiger partial charge in [-0.25, -0.2) is 4.99 Å². The fourth-order valence-corrected chi connectivity index (χ4v) is 4.03. The lowest BCUT2D eigenvalue weighted by molar-refractivity contribution is -0.120. The number of fused-ring (bicyclic) bond motifs is 1. The average molecular weight is 404 g/mol. The van der Waals surface area contributed by atoms with Gasteiger partial charge in [-0.15, -0.1) is 11.3 Å². The third-order valence-electron chi connectivity index (χ3n) is 4.77. The Hall–Kier alpha value is -3.25. The summed E-state index contributed by atoms with van der Waals surface area (Å²) >= 11 is 1.55. The number of aryl methyl sites for hydroxylation is 1. The first kappa shape index (κ1) is 19.1. The highest BCUT2D eigenvalue weighted by Gasteiger charge is 2.26. The highest BCUT2D eigenvalue weighted by Crippen LogP contribution is 2.33. The number of rotatable bonds is 5. The maximum atomic E-state index is 13.0. The minimum Gasteiger partial charge on any atom is -0.325 e. The van der Waals surface area contributed by atoms with E-state index in [0.29, 0.717) is 11.4 Å². The zero-order chi connectivity index (χ0) is 20.2. The van der Waals surface area contributed by atoms with E-state index in [-0.39, 0.29) is 24.8 Å². The van der Waals surface area contributed by atoms with Crippen LogP contribution in [0.5, 0.6) is 0 Å². The molecule has 0 saturated heterocycles. The Balaban J connectivity index is 1.58. The van der Waals surface area contributed by atoms with Crippen LogP contribution >= 0.6 is 11.3 Å². The third-order valence-corrected chi connectivity index (χ3v) is 5.69. The molecule has 146 valence electrons. The Morgan fingerprint density at radius 3 is 2.79 bits per heavy atom. The number of para-hydroxylation sites is 2. The fourth-order valence-electron chi connectivity index (χ4n) is 3.32. The van der Waals surface area contributed by atoms with Crippen LogP contribution in [0.3, 0.4) is 0 Å². The number of carbonyl (C=O) groups is 2. The van der Waals surface area contributed by atoms with Gasteiger partial charge in [0.05, 0.1) is 23.5 Å². The first-order chi connectivity index (χ1) is 14.1. The highest BCUT2D eigenvalue weighted by molar-refractivity contribution is 7.12. The van der Waals surface area contributed by atoms with Crippen LogP contribution < -0.4 is 10.2 Å². The van der Waals surface area contributed by atoms with Crippen molar-refractivity contribution < 1.29 is 9.59 Å². The van der Waals surface area contributed by atoms with Crippen molar-refractivity contribution in [3.05, 3.63) is 76.5 Å². The smallest absolute Gasteiger partial charge is 0.244 e. The minimum atomic E-state index is -0.235. The molecule has 0 unspecified atom stereocenters. The van der Waals surface area contributed by atoms with Gasteiger partial charge >= 0.3 is 0 Å². The van der Waals surface area contributed by atoms with Gasteiger partial charge in [0.15, 0.2) is 0 Å². The topological polar surface area (TPSA) is 61.8 Å². The second kappa shape index (κ2) is 8.41. The van der Waals surface area contributed by atoms with E-state index < -0.39 is 0 Å². The molecule has 1 aliphatic heterocycles. The molecule has 0 bridgehead atoms. The van der Waals surface area contributed by atoms with E-state index in [1.807, 2.05) is 66.0 Å². The molecule has 0 fully saturated rings. The predicted octanol–water partition coefficient (Wildman–Crippen LogP) is 4.81. The monoisotopic (exact) mass is 403 g/mol. The van der Waals surface area contributed by atoms with Crippen molar-refractivity contribution in [1.29, 1.82) is 0 Å². The number of hydrogen-bond acceptors (Lipinski definition) is 4. The fraction of sp³-hybridized carbons (Fsp3) is 0.174. The van der Waals surface area contributed by atoms with Gasteiger partial charge in [0.2, 0.25) is 11.8 Å². The molecule has 1 aromatic heterocycles. The molecule has 4 rings (SSSR count). The molecule has 0 aliphatic carbocycles. The van der Waals surface area contributed by atoms with Crippen LogP contribution in [0.15, 0.2) is 71.0 Å². The second-order valence-electron chi connectivity index (χ2n) is 6.78. The predicted molar refractivity (Wildman–Crippen MR) is 118 cm³/mol. The van der Waals surface area contributed by atoms with E-state index in [9.17, 15) is 9.59 Å². The number of hydrogen-bond donors (Lipinski definition) is 1. The molecule has 0 radical (unpaired) electrons. The van der Waals surface area contributed by atoms with Gasteiger partial charge < -0.3 is 10.2 Å². The lowest BCUT2D eigenvalue weighted by atomic mass is 10.1. The summed E-state index contributed by atoms with van der Waals surface area (Å²) in [7, 11) is 0. The largest absolute Gasteiger partial charge is 0.325 e. The molecule has 1 aliphatic rings. The van der Waals surface area contributed by atoms with Crippen molar-refractivity contribution in [3.63, 3.8) is 0 Å². The van der Waals surface area contributed by atoms with E-state index in [2.05, 4.69) is 12.2 Å². The van der Waals surface area contributed by atoms with Crippen LogP contribution in [0.25, 0.3) is 0 Å². The van der Waals surface area contributed by atoms with Crippen LogP contribution in [0.2, 0.25) is 0 Å². The molecule has 6 heteroatoms. The SMILES string of the molecule is CCc1cccc(NC(=O)CN2C(=O)CC(c3cccs3)=Nc3ccccc32)c1. The molecule has 0 atom stereocenters. The Labute approximate surface area is 173 Å². The van der Waals surface area contributed by atoms with Gasteiger partial charge in [0.25, 0.3) is 0 Å². The number of carbonyl (C=O) groups excluding carboxylic acids is 2. The van der Waals surface area contributed by atoms with Crippen molar-refractivity contribution in [2.75, 3.05) is 16.8 Å². The summed E-state index contributed by atoms with van der Waals surface area (Å²) in [6.45, 7) is 2.01. The summed E-state index contributed by atoms with van der Waals surface area (Å²) in [5, 5.41) is 4.87. The van der Waals surface area contributed by atoms with Crippen molar-refractivity contribution in [2.45, 2.75) is 19.8 Å². The maximum Gasteiger partial charge on any atom is 0.244 e. The number of nitrogens with one attached hydrogen (secondary N) is 1. The summed E-state index contributed by atoms with van der Waals surface area (Å²) in [5.41, 5.74) is 3.97. The number of thiophene rings is 1. The number of nitrogens with zero attached hydrogens (tertiary/aromatic N) is 2. The van der Waals surface area contributed by atoms with Gasteiger partial charge in [-0.2, -0.15) is 0 Å². The van der Waals surface area contributed by atoms with E-state index in [0.717, 1.165) is 28.3 Å². The van der Waals surface area contributed by atoms with E-state index in [4.69, 9.17) is 4.99 Å². The summed E-state index contributed by atoms with van der Waals surface area (Å²) < 4.78 is 0. The number of aliphatic imine (C=N–C) groups is 1. The first-order valence-electron chi connectivity index (χ1n) is 9.53. The van der Waals surface area contributed by atoms with Crippen LogP contribution in [-0.2, 0) is 16.0 Å². The lowest BCUT2D eigenvalue weighted by Gasteiger charge is -2.22. The standard InChI is InChI=1S/C23H21N3O2S/c1-2-16-7-5-8-17(13-16)24-22(27)15-26-20-10-4-3-9-18(20)25-19(14-23(26)28)21-11-6-12-29-21/h3-13H,2,14-15H2,1H3,(H,24,27). The van der Waals surface area contributed by atoms with Crippen molar-refractivity contribution in [1.82, 2.24) is 0 Å². The number of amides is 2. The molecule has 2 amide bonds. The van der Waals surface area contributed by atoms with Gasteiger partial charge in [0, 0.05) is 10.6 Å². The molecule has 1 N–H and O–H groups in total. The van der Waals surface area contributed by atoms with Crippen molar-refractivity contribution in [3.8, 4) is 0 Å². The zero-order valence-corrected chi connectivity index (χ0v) is 16.9. The molecule has 3 aromatic rings. The average Bonchev–Trinajstić information content (AvgIpc) is 3.23. The Bertz CT molecular complexity index is 1070. The van der Waals surface area contributed by atoms with Crippen LogP contribution in [0.1, 0.15) is 23.8 Å². The van der Waals surface area contributed by atoms with Gasteiger partial charge in [0.1, 0.15) is 6.54 Å². The molecule has 29 heavy (non-hydrogen) atoms. The Morgan fingerprint density at radius 1 is 1.14 bits per heavy atom. The van der Waals surface area contributed by atoms with Crippen molar-refractivity contribution in [2.24, 2.45) is 4.99 Å². The Kier molecular flexibility index (Phi) is 5.53. The molecule has 2 heterocycles. The minimum absolute atomic E-state index is 0.0561. The molecule has 0 saturated carbocycles. The van der Waals surface area contributed by atoms with E-state index in [1.54, 1.807) is 11.3 Å². The van der Waals surface area contributed by atoms with Crippen molar-refractivity contribution >= 4 is 45.9 Å². The molecular formula is C23H21N3O2S. The number of anilines is 2. The van der Waals surface area contributed by atoms with E-state index >= 15 is 0 Å². The molecular weight excluding hydrogens is 382 g/mol. The van der Waals surface area contributed by atoms with Gasteiger partial charge in [-0.3, -0.25) is 9.59 Å². The molecule has 0 spiro atoms. The number of benzene rings is 2. The Morgan fingerprint density at radius 2 is 2.00 bits per heavy atom. The highest BCUT2D eigenvalue weighted by atomic mass is 32.1. The third kappa shape index (κ3) is 4.27. The summed E-state index contributed by atoms with van der Waals surface area (Å²) in [5.74, 6) is -0.375. The van der Waals surface area contributed by atoms with Crippen LogP contribution in [0, 0.1) is 0 Å². The van der Waals surface area contributed by atoms with Gasteiger partial charge in [-0.05, 0) is 47.7 Å².